The molecule has 5 heteroatoms. The number of piperidine rings is 1. The fourth-order valence-electron chi connectivity index (χ4n) is 2.62. The maximum Gasteiger partial charge on any atom is 0.227 e. The highest BCUT2D eigenvalue weighted by Crippen LogP contribution is 2.27. The van der Waals surface area contributed by atoms with Crippen molar-refractivity contribution in [1.29, 1.82) is 0 Å². The highest BCUT2D eigenvalue weighted by Gasteiger charge is 2.26. The molecular formula is C17H24N2O3. The summed E-state index contributed by atoms with van der Waals surface area (Å²) < 4.78 is 5.71. The zero-order chi connectivity index (χ0) is 16.1. The zero-order valence-corrected chi connectivity index (χ0v) is 13.5. The van der Waals surface area contributed by atoms with E-state index in [9.17, 15) is 9.59 Å². The predicted molar refractivity (Wildman–Crippen MR) is 85.8 cm³/mol. The molecule has 0 saturated carbocycles. The Balaban J connectivity index is 1.97. The largest absolute Gasteiger partial charge is 0.489 e. The van der Waals surface area contributed by atoms with Crippen LogP contribution >= 0.6 is 0 Å². The summed E-state index contributed by atoms with van der Waals surface area (Å²) in [4.78, 5) is 25.5. The fraction of sp³-hybridized carbons (Fsp3) is 0.529. The lowest BCUT2D eigenvalue weighted by molar-refractivity contribution is -0.132. The number of rotatable bonds is 4. The van der Waals surface area contributed by atoms with Gasteiger partial charge in [0, 0.05) is 25.9 Å². The third kappa shape index (κ3) is 4.23. The summed E-state index contributed by atoms with van der Waals surface area (Å²) in [6.07, 6.45) is 1.47. The molecule has 2 amide bonds. The van der Waals surface area contributed by atoms with Crippen LogP contribution in [0.1, 0.15) is 33.6 Å². The minimum Gasteiger partial charge on any atom is -0.489 e. The number of hydrogen-bond acceptors (Lipinski definition) is 3. The lowest BCUT2D eigenvalue weighted by atomic mass is 9.96. The maximum atomic E-state index is 12.4. The van der Waals surface area contributed by atoms with Crippen molar-refractivity contribution in [1.82, 2.24) is 4.90 Å². The molecule has 120 valence electrons. The van der Waals surface area contributed by atoms with Crippen molar-refractivity contribution < 1.29 is 14.3 Å². The van der Waals surface area contributed by atoms with Crippen molar-refractivity contribution in [2.45, 2.75) is 39.7 Å². The van der Waals surface area contributed by atoms with Crippen molar-refractivity contribution >= 4 is 17.5 Å². The lowest BCUT2D eigenvalue weighted by Gasteiger charge is -2.30. The molecule has 1 heterocycles. The van der Waals surface area contributed by atoms with E-state index in [1.807, 2.05) is 38.1 Å². The number of amides is 2. The third-order valence-corrected chi connectivity index (χ3v) is 3.82. The summed E-state index contributed by atoms with van der Waals surface area (Å²) >= 11 is 0. The van der Waals surface area contributed by atoms with Crippen molar-refractivity contribution in [3.05, 3.63) is 24.3 Å². The van der Waals surface area contributed by atoms with E-state index in [1.54, 1.807) is 11.8 Å². The fourth-order valence-corrected chi connectivity index (χ4v) is 2.62. The zero-order valence-electron chi connectivity index (χ0n) is 13.5. The van der Waals surface area contributed by atoms with Gasteiger partial charge in [0.15, 0.2) is 0 Å². The van der Waals surface area contributed by atoms with Crippen molar-refractivity contribution in [3.8, 4) is 5.75 Å². The van der Waals surface area contributed by atoms with Crippen LogP contribution in [-0.2, 0) is 9.59 Å². The van der Waals surface area contributed by atoms with Crippen LogP contribution < -0.4 is 10.1 Å². The summed E-state index contributed by atoms with van der Waals surface area (Å²) in [7, 11) is 0. The van der Waals surface area contributed by atoms with E-state index in [4.69, 9.17) is 4.74 Å². The molecule has 1 N–H and O–H groups in total. The van der Waals surface area contributed by atoms with Crippen LogP contribution in [0.2, 0.25) is 0 Å². The Bertz CT molecular complexity index is 534. The van der Waals surface area contributed by atoms with Gasteiger partial charge < -0.3 is 15.0 Å². The molecule has 1 saturated heterocycles. The Morgan fingerprint density at radius 2 is 1.86 bits per heavy atom. The highest BCUT2D eigenvalue weighted by molar-refractivity contribution is 5.94. The Labute approximate surface area is 131 Å². The molecule has 1 aromatic rings. The van der Waals surface area contributed by atoms with Crippen LogP contribution in [0.25, 0.3) is 0 Å². The Kier molecular flexibility index (Phi) is 5.41. The number of carbonyl (C=O) groups excluding carboxylic acids is 2. The highest BCUT2D eigenvalue weighted by atomic mass is 16.5. The van der Waals surface area contributed by atoms with Gasteiger partial charge in [-0.25, -0.2) is 0 Å². The molecule has 0 radical (unpaired) electrons. The minimum absolute atomic E-state index is 0.00279. The van der Waals surface area contributed by atoms with E-state index in [-0.39, 0.29) is 23.8 Å². The number of likely N-dealkylation sites (tertiary alicyclic amines) is 1. The molecule has 0 atom stereocenters. The van der Waals surface area contributed by atoms with E-state index in [1.165, 1.54) is 0 Å². The van der Waals surface area contributed by atoms with Gasteiger partial charge in [0.1, 0.15) is 5.75 Å². The molecule has 1 aliphatic rings. The number of anilines is 1. The van der Waals surface area contributed by atoms with Gasteiger partial charge in [0.05, 0.1) is 11.8 Å². The Morgan fingerprint density at radius 3 is 2.45 bits per heavy atom. The molecule has 2 rings (SSSR count). The van der Waals surface area contributed by atoms with E-state index in [0.717, 1.165) is 0 Å². The molecule has 1 aromatic carbocycles. The van der Waals surface area contributed by atoms with Crippen molar-refractivity contribution in [3.63, 3.8) is 0 Å². The second-order valence-corrected chi connectivity index (χ2v) is 5.93. The number of nitrogens with zero attached hydrogens (tertiary/aromatic N) is 1. The molecule has 22 heavy (non-hydrogen) atoms. The van der Waals surface area contributed by atoms with E-state index < -0.39 is 0 Å². The normalized spacial score (nSPS) is 15.7. The van der Waals surface area contributed by atoms with Gasteiger partial charge in [-0.05, 0) is 38.8 Å². The average Bonchev–Trinajstić information content (AvgIpc) is 2.48. The topological polar surface area (TPSA) is 58.6 Å². The van der Waals surface area contributed by atoms with Gasteiger partial charge in [-0.1, -0.05) is 12.1 Å². The molecule has 0 spiro atoms. The number of nitrogens with one attached hydrogen (secondary N) is 1. The SMILES string of the molecule is CC(=O)N1CCC(C(=O)Nc2ccccc2OC(C)C)CC1. The second-order valence-electron chi connectivity index (χ2n) is 5.93. The molecule has 0 unspecified atom stereocenters. The van der Waals surface area contributed by atoms with Gasteiger partial charge in [-0.3, -0.25) is 9.59 Å². The van der Waals surface area contributed by atoms with Crippen molar-refractivity contribution in [2.75, 3.05) is 18.4 Å². The summed E-state index contributed by atoms with van der Waals surface area (Å²) in [5.74, 6) is 0.715. The van der Waals surface area contributed by atoms with Gasteiger partial charge in [0.25, 0.3) is 0 Å². The van der Waals surface area contributed by atoms with Crippen LogP contribution in [0.15, 0.2) is 24.3 Å². The average molecular weight is 304 g/mol. The minimum atomic E-state index is -0.0530. The van der Waals surface area contributed by atoms with Crippen LogP contribution in [0.4, 0.5) is 5.69 Å². The van der Waals surface area contributed by atoms with E-state index in [2.05, 4.69) is 5.32 Å². The molecule has 0 bridgehead atoms. The second kappa shape index (κ2) is 7.29. The first-order valence-corrected chi connectivity index (χ1v) is 7.79. The summed E-state index contributed by atoms with van der Waals surface area (Å²) in [5, 5.41) is 2.96. The lowest BCUT2D eigenvalue weighted by Crippen LogP contribution is -2.40. The molecule has 5 nitrogen and oxygen atoms in total. The Morgan fingerprint density at radius 1 is 1.23 bits per heavy atom. The van der Waals surface area contributed by atoms with E-state index >= 15 is 0 Å². The smallest absolute Gasteiger partial charge is 0.227 e. The Hall–Kier alpha value is -2.04. The summed E-state index contributed by atoms with van der Waals surface area (Å²) in [5.41, 5.74) is 0.704. The summed E-state index contributed by atoms with van der Waals surface area (Å²) in [6, 6.07) is 7.47. The maximum absolute atomic E-state index is 12.4. The monoisotopic (exact) mass is 304 g/mol. The molecule has 1 aliphatic heterocycles. The standard InChI is InChI=1S/C17H24N2O3/c1-12(2)22-16-7-5-4-6-15(16)18-17(21)14-8-10-19(11-9-14)13(3)20/h4-7,12,14H,8-11H2,1-3H3,(H,18,21). The molecule has 0 aromatic heterocycles. The number of ether oxygens (including phenoxy) is 1. The van der Waals surface area contributed by atoms with Crippen LogP contribution in [-0.4, -0.2) is 35.9 Å². The predicted octanol–water partition coefficient (Wildman–Crippen LogP) is 2.67. The van der Waals surface area contributed by atoms with Gasteiger partial charge in [-0.2, -0.15) is 0 Å². The first-order valence-electron chi connectivity index (χ1n) is 7.79. The number of benzene rings is 1. The van der Waals surface area contributed by atoms with Crippen LogP contribution in [0.5, 0.6) is 5.75 Å². The number of carbonyl (C=O) groups is 2. The number of para-hydroxylation sites is 2. The molecule has 0 aliphatic carbocycles. The van der Waals surface area contributed by atoms with Crippen molar-refractivity contribution in [2.24, 2.45) is 5.92 Å². The van der Waals surface area contributed by atoms with Crippen LogP contribution in [0.3, 0.4) is 0 Å². The molecule has 1 fully saturated rings. The van der Waals surface area contributed by atoms with Gasteiger partial charge in [-0.15, -0.1) is 0 Å². The van der Waals surface area contributed by atoms with Gasteiger partial charge in [0.2, 0.25) is 11.8 Å². The van der Waals surface area contributed by atoms with E-state index in [0.29, 0.717) is 37.4 Å². The first-order chi connectivity index (χ1) is 10.5. The summed E-state index contributed by atoms with van der Waals surface area (Å²) in [6.45, 7) is 6.78. The molecular weight excluding hydrogens is 280 g/mol. The van der Waals surface area contributed by atoms with Gasteiger partial charge >= 0.3 is 0 Å². The van der Waals surface area contributed by atoms with Crippen LogP contribution in [0, 0.1) is 5.92 Å². The third-order valence-electron chi connectivity index (χ3n) is 3.82. The quantitative estimate of drug-likeness (QED) is 0.930. The first kappa shape index (κ1) is 16.3. The number of hydrogen-bond donors (Lipinski definition) is 1.